The van der Waals surface area contributed by atoms with Crippen LogP contribution >= 0.6 is 24.0 Å². The van der Waals surface area contributed by atoms with Crippen molar-refractivity contribution in [2.45, 2.75) is 55.5 Å². The van der Waals surface area contributed by atoms with Crippen LogP contribution in [0.2, 0.25) is 0 Å². The Kier molecular flexibility index (Phi) is 6.24. The maximum absolute atomic E-state index is 5.66. The monoisotopic (exact) mass is 411 g/mol. The minimum absolute atomic E-state index is 0.385. The summed E-state index contributed by atoms with van der Waals surface area (Å²) in [7, 11) is 0. The molecule has 1 N–H and O–H groups in total. The van der Waals surface area contributed by atoms with Crippen LogP contribution in [0.5, 0.6) is 0 Å². The van der Waals surface area contributed by atoms with Gasteiger partial charge in [-0.2, -0.15) is 0 Å². The molecule has 0 saturated carbocycles. The van der Waals surface area contributed by atoms with Gasteiger partial charge in [0.05, 0.1) is 17.5 Å². The molecule has 0 spiro atoms. The number of benzene rings is 2. The van der Waals surface area contributed by atoms with Crippen LogP contribution in [0.1, 0.15) is 45.1 Å². The van der Waals surface area contributed by atoms with Crippen molar-refractivity contribution >= 4 is 40.3 Å². The van der Waals surface area contributed by atoms with E-state index in [1.165, 1.54) is 47.1 Å². The Labute approximate surface area is 178 Å². The minimum atomic E-state index is 0.385. The van der Waals surface area contributed by atoms with Gasteiger partial charge < -0.3 is 10.2 Å². The molecule has 0 bridgehead atoms. The van der Waals surface area contributed by atoms with Crippen LogP contribution in [0, 0.1) is 0 Å². The zero-order chi connectivity index (χ0) is 19.5. The second-order valence-electron chi connectivity index (χ2n) is 7.51. The van der Waals surface area contributed by atoms with Crippen LogP contribution in [-0.2, 0) is 0 Å². The Morgan fingerprint density at radius 1 is 1.07 bits per heavy atom. The van der Waals surface area contributed by atoms with Crippen LogP contribution in [0.3, 0.4) is 0 Å². The molecule has 2 aromatic carbocycles. The highest BCUT2D eigenvalue weighted by Gasteiger charge is 2.33. The van der Waals surface area contributed by atoms with Gasteiger partial charge in [0, 0.05) is 35.0 Å². The van der Waals surface area contributed by atoms with Gasteiger partial charge in [-0.25, -0.2) is 0 Å². The summed E-state index contributed by atoms with van der Waals surface area (Å²) >= 11 is 7.53. The molecule has 28 heavy (non-hydrogen) atoms. The Balaban J connectivity index is 1.77. The smallest absolute Gasteiger partial charge is 0.106 e. The number of fused-ring (bicyclic) bond motifs is 2. The number of hydrogen-bond donors (Lipinski definition) is 1. The standard InChI is InChI=1S/C23H29N3S2/c1-3-13-24-23(27)17-11-12-21-19(16-17)26(18-9-5-6-10-20(18)28-21)22(4-2)25-14-7-8-15-25/h5-6,9-12,16,22H,3-4,7-8,13-15H2,1-2H3,(H,24,27). The average molecular weight is 412 g/mol. The first-order valence-corrected chi connectivity index (χ1v) is 11.7. The van der Waals surface area contributed by atoms with Crippen molar-refractivity contribution in [1.82, 2.24) is 10.2 Å². The Morgan fingerprint density at radius 2 is 1.82 bits per heavy atom. The maximum atomic E-state index is 5.66. The summed E-state index contributed by atoms with van der Waals surface area (Å²) in [6, 6.07) is 15.5. The van der Waals surface area contributed by atoms with Gasteiger partial charge in [0.15, 0.2) is 0 Å². The van der Waals surface area contributed by atoms with E-state index in [9.17, 15) is 0 Å². The zero-order valence-corrected chi connectivity index (χ0v) is 18.4. The van der Waals surface area contributed by atoms with Gasteiger partial charge >= 0.3 is 0 Å². The molecule has 0 amide bonds. The van der Waals surface area contributed by atoms with Gasteiger partial charge in [0.1, 0.15) is 4.99 Å². The van der Waals surface area contributed by atoms with Crippen LogP contribution in [0.4, 0.5) is 11.4 Å². The second kappa shape index (κ2) is 8.85. The summed E-state index contributed by atoms with van der Waals surface area (Å²) < 4.78 is 0. The number of nitrogens with zero attached hydrogens (tertiary/aromatic N) is 2. The lowest BCUT2D eigenvalue weighted by Crippen LogP contribution is -2.45. The van der Waals surface area contributed by atoms with E-state index in [0.717, 1.165) is 29.9 Å². The molecule has 1 unspecified atom stereocenters. The topological polar surface area (TPSA) is 18.5 Å². The molecule has 148 valence electrons. The van der Waals surface area contributed by atoms with E-state index >= 15 is 0 Å². The van der Waals surface area contributed by atoms with Crippen molar-refractivity contribution in [1.29, 1.82) is 0 Å². The lowest BCUT2D eigenvalue weighted by Gasteiger charge is -2.42. The number of anilines is 2. The first-order valence-electron chi connectivity index (χ1n) is 10.4. The third-order valence-electron chi connectivity index (χ3n) is 5.59. The molecule has 3 nitrogen and oxygen atoms in total. The fraction of sp³-hybridized carbons (Fsp3) is 0.435. The predicted octanol–water partition coefficient (Wildman–Crippen LogP) is 5.80. The quantitative estimate of drug-likeness (QED) is 0.604. The number of hydrogen-bond acceptors (Lipinski definition) is 4. The molecular weight excluding hydrogens is 382 g/mol. The van der Waals surface area contributed by atoms with Crippen molar-refractivity contribution in [3.05, 3.63) is 48.0 Å². The number of likely N-dealkylation sites (tertiary alicyclic amines) is 1. The molecular formula is C23H29N3S2. The van der Waals surface area contributed by atoms with Gasteiger partial charge in [-0.05, 0) is 49.9 Å². The van der Waals surface area contributed by atoms with Crippen molar-refractivity contribution in [3.8, 4) is 0 Å². The van der Waals surface area contributed by atoms with E-state index in [1.807, 2.05) is 11.8 Å². The SMILES string of the molecule is CCCNC(=S)c1ccc2c(c1)N(C(CC)N1CCCC1)c1ccccc1S2. The van der Waals surface area contributed by atoms with E-state index < -0.39 is 0 Å². The summed E-state index contributed by atoms with van der Waals surface area (Å²) in [5.41, 5.74) is 3.73. The molecule has 1 saturated heterocycles. The van der Waals surface area contributed by atoms with Crippen molar-refractivity contribution in [3.63, 3.8) is 0 Å². The van der Waals surface area contributed by atoms with Gasteiger partial charge in [-0.1, -0.05) is 56.0 Å². The zero-order valence-electron chi connectivity index (χ0n) is 16.8. The number of para-hydroxylation sites is 1. The lowest BCUT2D eigenvalue weighted by atomic mass is 10.1. The molecule has 0 radical (unpaired) electrons. The molecule has 2 heterocycles. The highest BCUT2D eigenvalue weighted by Crippen LogP contribution is 2.50. The summed E-state index contributed by atoms with van der Waals surface area (Å²) in [5.74, 6) is 0. The third-order valence-corrected chi connectivity index (χ3v) is 7.10. The minimum Gasteiger partial charge on any atom is -0.376 e. The molecule has 2 aromatic rings. The molecule has 2 aliphatic heterocycles. The molecule has 1 fully saturated rings. The normalized spacial score (nSPS) is 17.1. The Hall–Kier alpha value is -1.56. The van der Waals surface area contributed by atoms with Crippen molar-refractivity contribution in [2.75, 3.05) is 24.5 Å². The molecule has 0 aromatic heterocycles. The van der Waals surface area contributed by atoms with Crippen molar-refractivity contribution in [2.24, 2.45) is 0 Å². The number of thiocarbonyl (C=S) groups is 1. The average Bonchev–Trinajstić information content (AvgIpc) is 3.26. The van der Waals surface area contributed by atoms with Crippen LogP contribution < -0.4 is 10.2 Å². The Morgan fingerprint density at radius 3 is 2.57 bits per heavy atom. The fourth-order valence-corrected chi connectivity index (χ4v) is 5.51. The maximum Gasteiger partial charge on any atom is 0.106 e. The predicted molar refractivity (Wildman–Crippen MR) is 124 cm³/mol. The Bertz CT molecular complexity index is 845. The molecule has 0 aliphatic carbocycles. The third kappa shape index (κ3) is 3.80. The molecule has 2 aliphatic rings. The molecule has 1 atom stereocenters. The highest BCUT2D eigenvalue weighted by atomic mass is 32.2. The second-order valence-corrected chi connectivity index (χ2v) is 9.00. The number of nitrogens with one attached hydrogen (secondary N) is 1. The lowest BCUT2D eigenvalue weighted by molar-refractivity contribution is 0.239. The van der Waals surface area contributed by atoms with Gasteiger partial charge in [-0.3, -0.25) is 4.90 Å². The largest absolute Gasteiger partial charge is 0.376 e. The first kappa shape index (κ1) is 19.7. The summed E-state index contributed by atoms with van der Waals surface area (Å²) in [6.45, 7) is 7.78. The van der Waals surface area contributed by atoms with Gasteiger partial charge in [0.2, 0.25) is 0 Å². The highest BCUT2D eigenvalue weighted by molar-refractivity contribution is 7.99. The summed E-state index contributed by atoms with van der Waals surface area (Å²) in [5, 5.41) is 3.38. The van der Waals surface area contributed by atoms with Crippen molar-refractivity contribution < 1.29 is 0 Å². The number of rotatable bonds is 6. The molecule has 4 rings (SSSR count). The molecule has 5 heteroatoms. The van der Waals surface area contributed by atoms with E-state index in [0.29, 0.717) is 6.17 Å². The van der Waals surface area contributed by atoms with E-state index in [2.05, 4.69) is 71.4 Å². The van der Waals surface area contributed by atoms with Gasteiger partial charge in [-0.15, -0.1) is 0 Å². The van der Waals surface area contributed by atoms with E-state index in [1.54, 1.807) is 0 Å². The van der Waals surface area contributed by atoms with E-state index in [4.69, 9.17) is 12.2 Å². The summed E-state index contributed by atoms with van der Waals surface area (Å²) in [4.78, 5) is 8.73. The van der Waals surface area contributed by atoms with E-state index in [-0.39, 0.29) is 0 Å². The van der Waals surface area contributed by atoms with Crippen LogP contribution in [0.15, 0.2) is 52.3 Å². The van der Waals surface area contributed by atoms with Crippen LogP contribution in [-0.4, -0.2) is 35.7 Å². The fourth-order valence-electron chi connectivity index (χ4n) is 4.23. The summed E-state index contributed by atoms with van der Waals surface area (Å²) in [6.07, 6.45) is 5.17. The first-order chi connectivity index (χ1) is 13.7. The van der Waals surface area contributed by atoms with Gasteiger partial charge in [0.25, 0.3) is 0 Å². The van der Waals surface area contributed by atoms with Crippen LogP contribution in [0.25, 0.3) is 0 Å².